The third-order valence-electron chi connectivity index (χ3n) is 2.36. The van der Waals surface area contributed by atoms with Gasteiger partial charge in [0.05, 0.1) is 27.5 Å². The molecule has 0 heterocycles. The molecule has 0 amide bonds. The third kappa shape index (κ3) is 3.44. The number of aliphatic hydroxyl groups excluding tert-OH is 1. The molecule has 0 bridgehead atoms. The van der Waals surface area contributed by atoms with Crippen LogP contribution in [0.2, 0.25) is 10.0 Å². The van der Waals surface area contributed by atoms with Crippen LogP contribution in [0.25, 0.3) is 0 Å². The van der Waals surface area contributed by atoms with E-state index in [-0.39, 0.29) is 6.10 Å². The van der Waals surface area contributed by atoms with Crippen molar-refractivity contribution in [1.29, 1.82) is 0 Å². The van der Waals surface area contributed by atoms with E-state index in [0.717, 1.165) is 5.69 Å². The molecule has 1 unspecified atom stereocenters. The van der Waals surface area contributed by atoms with Gasteiger partial charge in [0.2, 0.25) is 0 Å². The summed E-state index contributed by atoms with van der Waals surface area (Å²) < 4.78 is 0. The summed E-state index contributed by atoms with van der Waals surface area (Å²) in [6.45, 7) is 2.46. The molecule has 1 aromatic carbocycles. The van der Waals surface area contributed by atoms with Gasteiger partial charge in [-0.05, 0) is 25.5 Å². The monoisotopic (exact) mass is 262 g/mol. The van der Waals surface area contributed by atoms with E-state index in [1.807, 2.05) is 11.9 Å². The summed E-state index contributed by atoms with van der Waals surface area (Å²) in [4.78, 5) is 1.95. The number of halogens is 2. The highest BCUT2D eigenvalue weighted by Gasteiger charge is 2.09. The maximum atomic E-state index is 9.21. The average Bonchev–Trinajstić information content (AvgIpc) is 2.20. The molecule has 1 aromatic rings. The second-order valence-electron chi connectivity index (χ2n) is 3.88. The number of nitrogen functional groups attached to an aromatic ring is 1. The molecule has 0 spiro atoms. The average molecular weight is 263 g/mol. The van der Waals surface area contributed by atoms with Gasteiger partial charge in [0.25, 0.3) is 0 Å². The van der Waals surface area contributed by atoms with E-state index in [1.54, 1.807) is 19.1 Å². The van der Waals surface area contributed by atoms with E-state index >= 15 is 0 Å². The standard InChI is InChI=1S/C11H16Cl2N2O/c1-7(16)3-4-15(2)11-6-9(13)8(12)5-10(11)14/h5-7,16H,3-4,14H2,1-2H3. The van der Waals surface area contributed by atoms with Crippen LogP contribution < -0.4 is 10.6 Å². The first-order chi connectivity index (χ1) is 7.41. The summed E-state index contributed by atoms with van der Waals surface area (Å²) in [5.41, 5.74) is 7.26. The van der Waals surface area contributed by atoms with Crippen molar-refractivity contribution >= 4 is 34.6 Å². The van der Waals surface area contributed by atoms with Crippen molar-refractivity contribution in [3.05, 3.63) is 22.2 Å². The molecule has 0 saturated carbocycles. The van der Waals surface area contributed by atoms with Crippen molar-refractivity contribution in [3.63, 3.8) is 0 Å². The topological polar surface area (TPSA) is 49.5 Å². The van der Waals surface area contributed by atoms with Crippen molar-refractivity contribution in [2.75, 3.05) is 24.2 Å². The highest BCUT2D eigenvalue weighted by molar-refractivity contribution is 6.42. The summed E-state index contributed by atoms with van der Waals surface area (Å²) >= 11 is 11.8. The van der Waals surface area contributed by atoms with Gasteiger partial charge in [-0.3, -0.25) is 0 Å². The van der Waals surface area contributed by atoms with Gasteiger partial charge < -0.3 is 15.7 Å². The second kappa shape index (κ2) is 5.62. The summed E-state index contributed by atoms with van der Waals surface area (Å²) in [7, 11) is 1.90. The SMILES string of the molecule is CC(O)CCN(C)c1cc(Cl)c(Cl)cc1N. The Morgan fingerprint density at radius 3 is 2.50 bits per heavy atom. The van der Waals surface area contributed by atoms with Crippen molar-refractivity contribution in [2.24, 2.45) is 0 Å². The van der Waals surface area contributed by atoms with Gasteiger partial charge in [-0.2, -0.15) is 0 Å². The van der Waals surface area contributed by atoms with Crippen LogP contribution in [0.15, 0.2) is 12.1 Å². The van der Waals surface area contributed by atoms with E-state index in [0.29, 0.717) is 28.7 Å². The lowest BCUT2D eigenvalue weighted by Crippen LogP contribution is -2.22. The van der Waals surface area contributed by atoms with Crippen LogP contribution in [0.4, 0.5) is 11.4 Å². The third-order valence-corrected chi connectivity index (χ3v) is 3.09. The molecule has 0 aliphatic rings. The highest BCUT2D eigenvalue weighted by atomic mass is 35.5. The van der Waals surface area contributed by atoms with Gasteiger partial charge in [0, 0.05) is 13.6 Å². The van der Waals surface area contributed by atoms with E-state index in [9.17, 15) is 5.11 Å². The fourth-order valence-electron chi connectivity index (χ4n) is 1.38. The summed E-state index contributed by atoms with van der Waals surface area (Å²) in [6, 6.07) is 3.37. The minimum absolute atomic E-state index is 0.327. The van der Waals surface area contributed by atoms with Crippen molar-refractivity contribution in [3.8, 4) is 0 Å². The summed E-state index contributed by atoms with van der Waals surface area (Å²) in [6.07, 6.45) is 0.349. The fraction of sp³-hybridized carbons (Fsp3) is 0.455. The van der Waals surface area contributed by atoms with Crippen LogP contribution in [0.1, 0.15) is 13.3 Å². The predicted molar refractivity (Wildman–Crippen MR) is 70.4 cm³/mol. The van der Waals surface area contributed by atoms with E-state index in [2.05, 4.69) is 0 Å². The van der Waals surface area contributed by atoms with Crippen LogP contribution in [0.3, 0.4) is 0 Å². The van der Waals surface area contributed by atoms with E-state index in [1.165, 1.54) is 0 Å². The Kier molecular flexibility index (Phi) is 4.71. The summed E-state index contributed by atoms with van der Waals surface area (Å²) in [5, 5.41) is 10.1. The van der Waals surface area contributed by atoms with Crippen molar-refractivity contribution in [1.82, 2.24) is 0 Å². The van der Waals surface area contributed by atoms with Gasteiger partial charge >= 0.3 is 0 Å². The number of benzene rings is 1. The molecule has 0 aliphatic heterocycles. The first-order valence-corrected chi connectivity index (χ1v) is 5.81. The molecule has 0 aliphatic carbocycles. The quantitative estimate of drug-likeness (QED) is 0.821. The van der Waals surface area contributed by atoms with E-state index < -0.39 is 0 Å². The zero-order valence-electron chi connectivity index (χ0n) is 9.37. The Morgan fingerprint density at radius 2 is 1.94 bits per heavy atom. The maximum Gasteiger partial charge on any atom is 0.0614 e. The largest absolute Gasteiger partial charge is 0.397 e. The molecule has 0 fully saturated rings. The number of anilines is 2. The molecule has 16 heavy (non-hydrogen) atoms. The molecular formula is C11H16Cl2N2O. The number of hydrogen-bond donors (Lipinski definition) is 2. The predicted octanol–water partition coefficient (Wildman–Crippen LogP) is 2.78. The van der Waals surface area contributed by atoms with Crippen LogP contribution in [0, 0.1) is 0 Å². The molecule has 3 N–H and O–H groups in total. The normalized spacial score (nSPS) is 12.6. The molecule has 0 radical (unpaired) electrons. The first-order valence-electron chi connectivity index (χ1n) is 5.05. The molecule has 3 nitrogen and oxygen atoms in total. The lowest BCUT2D eigenvalue weighted by Gasteiger charge is -2.22. The Balaban J connectivity index is 2.82. The number of rotatable bonds is 4. The Bertz CT molecular complexity index is 369. The highest BCUT2D eigenvalue weighted by Crippen LogP contribution is 2.32. The minimum atomic E-state index is -0.327. The van der Waals surface area contributed by atoms with Crippen molar-refractivity contribution in [2.45, 2.75) is 19.4 Å². The zero-order valence-corrected chi connectivity index (χ0v) is 10.9. The number of hydrogen-bond acceptors (Lipinski definition) is 3. The second-order valence-corrected chi connectivity index (χ2v) is 4.70. The molecule has 5 heteroatoms. The molecule has 1 rings (SSSR count). The van der Waals surface area contributed by atoms with Crippen LogP contribution in [0.5, 0.6) is 0 Å². The van der Waals surface area contributed by atoms with Crippen LogP contribution in [-0.2, 0) is 0 Å². The Hall–Kier alpha value is -0.640. The number of nitrogens with two attached hydrogens (primary N) is 1. The van der Waals surface area contributed by atoms with Gasteiger partial charge in [-0.25, -0.2) is 0 Å². The zero-order chi connectivity index (χ0) is 12.3. The first kappa shape index (κ1) is 13.4. The van der Waals surface area contributed by atoms with Crippen molar-refractivity contribution < 1.29 is 5.11 Å². The summed E-state index contributed by atoms with van der Waals surface area (Å²) in [5.74, 6) is 0. The van der Waals surface area contributed by atoms with Gasteiger partial charge in [-0.1, -0.05) is 23.2 Å². The Labute approximate surface area is 106 Å². The smallest absolute Gasteiger partial charge is 0.0614 e. The molecule has 1 atom stereocenters. The number of nitrogens with zero attached hydrogens (tertiary/aromatic N) is 1. The van der Waals surface area contributed by atoms with Gasteiger partial charge in [0.15, 0.2) is 0 Å². The molecule has 90 valence electrons. The maximum absolute atomic E-state index is 9.21. The van der Waals surface area contributed by atoms with Gasteiger partial charge in [-0.15, -0.1) is 0 Å². The molecular weight excluding hydrogens is 247 g/mol. The van der Waals surface area contributed by atoms with Gasteiger partial charge in [0.1, 0.15) is 0 Å². The lowest BCUT2D eigenvalue weighted by atomic mass is 10.2. The Morgan fingerprint density at radius 1 is 1.38 bits per heavy atom. The van der Waals surface area contributed by atoms with Crippen LogP contribution in [-0.4, -0.2) is 24.8 Å². The van der Waals surface area contributed by atoms with E-state index in [4.69, 9.17) is 28.9 Å². The number of aliphatic hydroxyl groups is 1. The van der Waals surface area contributed by atoms with Crippen LogP contribution >= 0.6 is 23.2 Å². The molecule has 0 aromatic heterocycles. The molecule has 0 saturated heterocycles. The fourth-order valence-corrected chi connectivity index (χ4v) is 1.71. The lowest BCUT2D eigenvalue weighted by molar-refractivity contribution is 0.187. The minimum Gasteiger partial charge on any atom is -0.397 e.